The fourth-order valence-corrected chi connectivity index (χ4v) is 2.08. The highest BCUT2D eigenvalue weighted by molar-refractivity contribution is 5.89. The molecular weight excluding hydrogens is 308 g/mol. The van der Waals surface area contributed by atoms with Gasteiger partial charge in [0.1, 0.15) is 0 Å². The Kier molecular flexibility index (Phi) is 6.25. The molecule has 2 aromatic rings. The van der Waals surface area contributed by atoms with Crippen LogP contribution in [0.2, 0.25) is 0 Å². The molecule has 0 aliphatic rings. The van der Waals surface area contributed by atoms with Crippen LogP contribution in [0.4, 0.5) is 0 Å². The van der Waals surface area contributed by atoms with E-state index in [4.69, 9.17) is 18.9 Å². The fourth-order valence-electron chi connectivity index (χ4n) is 2.08. The normalized spacial score (nSPS) is 10.5. The average Bonchev–Trinajstić information content (AvgIpc) is 2.61. The predicted octanol–water partition coefficient (Wildman–Crippen LogP) is 3.72. The molecule has 126 valence electrons. The van der Waals surface area contributed by atoms with Gasteiger partial charge in [0.2, 0.25) is 0 Å². The molecular formula is C19H20O5. The van der Waals surface area contributed by atoms with Gasteiger partial charge in [-0.25, -0.2) is 4.79 Å². The van der Waals surface area contributed by atoms with E-state index in [1.165, 1.54) is 13.2 Å². The van der Waals surface area contributed by atoms with Gasteiger partial charge in [-0.1, -0.05) is 18.2 Å². The van der Waals surface area contributed by atoms with Gasteiger partial charge >= 0.3 is 5.97 Å². The van der Waals surface area contributed by atoms with Crippen LogP contribution in [0.1, 0.15) is 12.5 Å². The highest BCUT2D eigenvalue weighted by Crippen LogP contribution is 2.29. The standard InChI is InChI=1S/C19H20O5/c1-4-23-18-13-14(9-11-16(18)22-3)10-12-19(20)24-17-8-6-5-7-15(17)21-2/h5-13H,4H2,1-3H3/b12-10+. The first kappa shape index (κ1) is 17.4. The summed E-state index contributed by atoms with van der Waals surface area (Å²) in [6, 6.07) is 12.4. The van der Waals surface area contributed by atoms with Gasteiger partial charge in [0.05, 0.1) is 20.8 Å². The second-order valence-electron chi connectivity index (χ2n) is 4.75. The van der Waals surface area contributed by atoms with Crippen molar-refractivity contribution in [3.63, 3.8) is 0 Å². The number of carbonyl (C=O) groups excluding carboxylic acids is 1. The Labute approximate surface area is 141 Å². The second kappa shape index (κ2) is 8.62. The largest absolute Gasteiger partial charge is 0.493 e. The van der Waals surface area contributed by atoms with Crippen LogP contribution in [0.3, 0.4) is 0 Å². The topological polar surface area (TPSA) is 54.0 Å². The fraction of sp³-hybridized carbons (Fsp3) is 0.211. The molecule has 24 heavy (non-hydrogen) atoms. The highest BCUT2D eigenvalue weighted by Gasteiger charge is 2.07. The van der Waals surface area contributed by atoms with Crippen LogP contribution < -0.4 is 18.9 Å². The highest BCUT2D eigenvalue weighted by atomic mass is 16.6. The SMILES string of the molecule is CCOc1cc(/C=C/C(=O)Oc2ccccc2OC)ccc1OC. The van der Waals surface area contributed by atoms with Crippen molar-refractivity contribution >= 4 is 12.0 Å². The van der Waals surface area contributed by atoms with Crippen molar-refractivity contribution in [2.45, 2.75) is 6.92 Å². The molecule has 0 aromatic heterocycles. The lowest BCUT2D eigenvalue weighted by atomic mass is 10.2. The second-order valence-corrected chi connectivity index (χ2v) is 4.75. The van der Waals surface area contributed by atoms with Gasteiger partial charge in [0, 0.05) is 6.08 Å². The third kappa shape index (κ3) is 4.52. The first-order valence-corrected chi connectivity index (χ1v) is 7.51. The molecule has 2 aromatic carbocycles. The molecule has 0 aliphatic heterocycles. The summed E-state index contributed by atoms with van der Waals surface area (Å²) in [5.41, 5.74) is 0.802. The van der Waals surface area contributed by atoms with E-state index < -0.39 is 5.97 Å². The van der Waals surface area contributed by atoms with Crippen molar-refractivity contribution < 1.29 is 23.7 Å². The Morgan fingerprint density at radius 2 is 1.62 bits per heavy atom. The molecule has 0 unspecified atom stereocenters. The first-order valence-electron chi connectivity index (χ1n) is 7.51. The number of para-hydroxylation sites is 2. The predicted molar refractivity (Wildman–Crippen MR) is 91.8 cm³/mol. The van der Waals surface area contributed by atoms with Crippen LogP contribution in [-0.2, 0) is 4.79 Å². The van der Waals surface area contributed by atoms with Gasteiger partial charge in [-0.3, -0.25) is 0 Å². The van der Waals surface area contributed by atoms with Gasteiger partial charge < -0.3 is 18.9 Å². The number of rotatable bonds is 7. The Morgan fingerprint density at radius 1 is 0.958 bits per heavy atom. The molecule has 0 radical (unpaired) electrons. The molecule has 0 atom stereocenters. The zero-order valence-electron chi connectivity index (χ0n) is 13.9. The summed E-state index contributed by atoms with van der Waals surface area (Å²) in [4.78, 5) is 12.0. The Hall–Kier alpha value is -2.95. The zero-order chi connectivity index (χ0) is 17.4. The maximum absolute atomic E-state index is 12.0. The van der Waals surface area contributed by atoms with Crippen molar-refractivity contribution in [3.05, 3.63) is 54.1 Å². The number of carbonyl (C=O) groups is 1. The Bertz CT molecular complexity index is 721. The minimum absolute atomic E-state index is 0.374. The van der Waals surface area contributed by atoms with Gasteiger partial charge in [-0.15, -0.1) is 0 Å². The molecule has 0 saturated carbocycles. The van der Waals surface area contributed by atoms with Gasteiger partial charge in [0.25, 0.3) is 0 Å². The molecule has 0 N–H and O–H groups in total. The summed E-state index contributed by atoms with van der Waals surface area (Å²) in [5, 5.41) is 0. The van der Waals surface area contributed by atoms with Crippen molar-refractivity contribution in [1.82, 2.24) is 0 Å². The lowest BCUT2D eigenvalue weighted by Gasteiger charge is -2.09. The molecule has 5 nitrogen and oxygen atoms in total. The van der Waals surface area contributed by atoms with Gasteiger partial charge in [0.15, 0.2) is 23.0 Å². The molecule has 0 heterocycles. The van der Waals surface area contributed by atoms with Crippen LogP contribution in [-0.4, -0.2) is 26.8 Å². The van der Waals surface area contributed by atoms with E-state index in [0.717, 1.165) is 5.56 Å². The van der Waals surface area contributed by atoms with E-state index in [9.17, 15) is 4.79 Å². The molecule has 0 bridgehead atoms. The van der Waals surface area contributed by atoms with E-state index in [1.807, 2.05) is 13.0 Å². The number of benzene rings is 2. The van der Waals surface area contributed by atoms with Crippen molar-refractivity contribution in [3.8, 4) is 23.0 Å². The van der Waals surface area contributed by atoms with Crippen molar-refractivity contribution in [1.29, 1.82) is 0 Å². The van der Waals surface area contributed by atoms with Crippen LogP contribution in [0.25, 0.3) is 6.08 Å². The maximum atomic E-state index is 12.0. The average molecular weight is 328 g/mol. The van der Waals surface area contributed by atoms with Gasteiger partial charge in [-0.2, -0.15) is 0 Å². The summed E-state index contributed by atoms with van der Waals surface area (Å²) in [6.07, 6.45) is 3.00. The zero-order valence-corrected chi connectivity index (χ0v) is 13.9. The van der Waals surface area contributed by atoms with Gasteiger partial charge in [-0.05, 0) is 42.8 Å². The lowest BCUT2D eigenvalue weighted by Crippen LogP contribution is -2.04. The van der Waals surface area contributed by atoms with E-state index in [2.05, 4.69) is 0 Å². The van der Waals surface area contributed by atoms with Crippen LogP contribution in [0.5, 0.6) is 23.0 Å². The van der Waals surface area contributed by atoms with E-state index in [1.54, 1.807) is 49.6 Å². The number of ether oxygens (including phenoxy) is 4. The number of methoxy groups -OCH3 is 2. The third-order valence-electron chi connectivity index (χ3n) is 3.18. The van der Waals surface area contributed by atoms with E-state index in [-0.39, 0.29) is 0 Å². The smallest absolute Gasteiger partial charge is 0.336 e. The summed E-state index contributed by atoms with van der Waals surface area (Å²) in [5.74, 6) is 1.65. The molecule has 5 heteroatoms. The molecule has 0 saturated heterocycles. The summed E-state index contributed by atoms with van der Waals surface area (Å²) < 4.78 is 21.2. The quantitative estimate of drug-likeness (QED) is 0.440. The number of hydrogen-bond acceptors (Lipinski definition) is 5. The summed E-state index contributed by atoms with van der Waals surface area (Å²) in [7, 11) is 3.10. The minimum atomic E-state index is -0.492. The third-order valence-corrected chi connectivity index (χ3v) is 3.18. The Morgan fingerprint density at radius 3 is 2.29 bits per heavy atom. The number of hydrogen-bond donors (Lipinski definition) is 0. The summed E-state index contributed by atoms with van der Waals surface area (Å²) >= 11 is 0. The van der Waals surface area contributed by atoms with Crippen molar-refractivity contribution in [2.24, 2.45) is 0 Å². The first-order chi connectivity index (χ1) is 11.7. The molecule has 0 amide bonds. The molecule has 0 spiro atoms. The van der Waals surface area contributed by atoms with E-state index >= 15 is 0 Å². The lowest BCUT2D eigenvalue weighted by molar-refractivity contribution is -0.129. The number of esters is 1. The molecule has 0 fully saturated rings. The van der Waals surface area contributed by atoms with Crippen LogP contribution >= 0.6 is 0 Å². The van der Waals surface area contributed by atoms with Crippen LogP contribution in [0, 0.1) is 0 Å². The summed E-state index contributed by atoms with van der Waals surface area (Å²) in [6.45, 7) is 2.42. The molecule has 2 rings (SSSR count). The monoisotopic (exact) mass is 328 g/mol. The molecule has 0 aliphatic carbocycles. The maximum Gasteiger partial charge on any atom is 0.336 e. The minimum Gasteiger partial charge on any atom is -0.493 e. The Balaban J connectivity index is 2.09. The van der Waals surface area contributed by atoms with E-state index in [0.29, 0.717) is 29.6 Å². The van der Waals surface area contributed by atoms with Crippen molar-refractivity contribution in [2.75, 3.05) is 20.8 Å². The van der Waals surface area contributed by atoms with Crippen LogP contribution in [0.15, 0.2) is 48.5 Å².